The first-order valence-corrected chi connectivity index (χ1v) is 8.54. The molecule has 0 fully saturated rings. The highest BCUT2D eigenvalue weighted by Gasteiger charge is 2.23. The number of esters is 1. The third kappa shape index (κ3) is 6.13. The number of nitrogens with zero attached hydrogens (tertiary/aromatic N) is 1. The lowest BCUT2D eigenvalue weighted by Crippen LogP contribution is -2.37. The van der Waals surface area contributed by atoms with Crippen LogP contribution in [0, 0.1) is 5.82 Å². The Morgan fingerprint density at radius 1 is 1.10 bits per heavy atom. The molecule has 0 saturated carbocycles. The maximum atomic E-state index is 13.3. The number of benzene rings is 2. The zero-order valence-corrected chi connectivity index (χ0v) is 16.0. The summed E-state index contributed by atoms with van der Waals surface area (Å²) in [5.74, 6) is -2.07. The van der Waals surface area contributed by atoms with Gasteiger partial charge in [0.25, 0.3) is 5.91 Å². The van der Waals surface area contributed by atoms with Gasteiger partial charge in [0.2, 0.25) is 0 Å². The Bertz CT molecular complexity index is 875. The van der Waals surface area contributed by atoms with Gasteiger partial charge in [-0.15, -0.1) is 0 Å². The van der Waals surface area contributed by atoms with Crippen molar-refractivity contribution in [2.24, 2.45) is 0 Å². The second-order valence-electron chi connectivity index (χ2n) is 6.12. The Morgan fingerprint density at radius 3 is 2.45 bits per heavy atom. The molecule has 2 rings (SSSR count). The van der Waals surface area contributed by atoms with Crippen LogP contribution in [-0.2, 0) is 16.1 Å². The first-order chi connectivity index (χ1) is 13.7. The molecule has 6 nitrogen and oxygen atoms in total. The molecule has 0 saturated heterocycles. The van der Waals surface area contributed by atoms with Crippen LogP contribution in [0.2, 0.25) is 0 Å². The number of amides is 1. The molecule has 0 bridgehead atoms. The molecule has 0 aromatic heterocycles. The molecule has 0 radical (unpaired) electrons. The number of carbonyl (C=O) groups excluding carboxylic acids is 2. The molecule has 0 heterocycles. The minimum Gasteiger partial charge on any atom is -0.493 e. The molecular weight excluding hydrogens is 391 g/mol. The van der Waals surface area contributed by atoms with E-state index in [1.54, 1.807) is 6.07 Å². The summed E-state index contributed by atoms with van der Waals surface area (Å²) in [7, 11) is 2.73. The van der Waals surface area contributed by atoms with Crippen molar-refractivity contribution in [3.63, 3.8) is 0 Å². The summed E-state index contributed by atoms with van der Waals surface area (Å²) in [6, 6.07) is 9.32. The van der Waals surface area contributed by atoms with E-state index < -0.39 is 30.4 Å². The van der Waals surface area contributed by atoms with Gasteiger partial charge in [0.1, 0.15) is 5.82 Å². The minimum absolute atomic E-state index is 0.00380. The van der Waals surface area contributed by atoms with Crippen LogP contribution in [0.5, 0.6) is 11.5 Å². The Labute approximate surface area is 165 Å². The smallest absolute Gasteiger partial charge is 0.387 e. The summed E-state index contributed by atoms with van der Waals surface area (Å²) in [5.41, 5.74) is 0.578. The van der Waals surface area contributed by atoms with Crippen LogP contribution < -0.4 is 9.47 Å². The highest BCUT2D eigenvalue weighted by molar-refractivity contribution is 5.92. The molecular formula is C20H20F3NO5. The minimum atomic E-state index is -3.05. The van der Waals surface area contributed by atoms with Crippen molar-refractivity contribution >= 4 is 11.9 Å². The van der Waals surface area contributed by atoms with Gasteiger partial charge in [-0.25, -0.2) is 9.18 Å². The monoisotopic (exact) mass is 411 g/mol. The summed E-state index contributed by atoms with van der Waals surface area (Å²) < 4.78 is 52.4. The summed E-state index contributed by atoms with van der Waals surface area (Å²) >= 11 is 0. The number of halogens is 3. The van der Waals surface area contributed by atoms with E-state index in [2.05, 4.69) is 4.74 Å². The molecule has 0 aliphatic carbocycles. The van der Waals surface area contributed by atoms with E-state index in [-0.39, 0.29) is 23.6 Å². The lowest BCUT2D eigenvalue weighted by Gasteiger charge is -2.21. The molecule has 1 amide bonds. The number of methoxy groups -OCH3 is 1. The van der Waals surface area contributed by atoms with E-state index in [1.165, 1.54) is 56.3 Å². The summed E-state index contributed by atoms with van der Waals surface area (Å²) in [6.45, 7) is -1.52. The van der Waals surface area contributed by atoms with Crippen LogP contribution in [0.3, 0.4) is 0 Å². The second-order valence-corrected chi connectivity index (χ2v) is 6.12. The molecule has 1 unspecified atom stereocenters. The number of ether oxygens (including phenoxy) is 3. The number of rotatable bonds is 8. The third-order valence-corrected chi connectivity index (χ3v) is 3.93. The fourth-order valence-electron chi connectivity index (χ4n) is 2.56. The first-order valence-electron chi connectivity index (χ1n) is 8.54. The Kier molecular flexibility index (Phi) is 7.46. The molecule has 0 N–H and O–H groups in total. The SMILES string of the molecule is COc1cc(C(=O)OC(C)C(=O)N(C)Cc2cccc(F)c2)ccc1OC(F)F. The van der Waals surface area contributed by atoms with E-state index in [1.807, 2.05) is 0 Å². The normalized spacial score (nSPS) is 11.7. The van der Waals surface area contributed by atoms with Gasteiger partial charge in [0, 0.05) is 13.6 Å². The van der Waals surface area contributed by atoms with Crippen molar-refractivity contribution in [1.82, 2.24) is 4.90 Å². The van der Waals surface area contributed by atoms with E-state index in [0.29, 0.717) is 5.56 Å². The first kappa shape index (κ1) is 22.1. The molecule has 2 aromatic carbocycles. The summed E-state index contributed by atoms with van der Waals surface area (Å²) in [6.07, 6.45) is -1.12. The van der Waals surface area contributed by atoms with Crippen LogP contribution in [0.15, 0.2) is 42.5 Å². The number of hydrogen-bond donors (Lipinski definition) is 0. The van der Waals surface area contributed by atoms with Crippen molar-refractivity contribution in [2.75, 3.05) is 14.2 Å². The Hall–Kier alpha value is -3.23. The average Bonchev–Trinajstić information content (AvgIpc) is 2.67. The number of alkyl halides is 2. The van der Waals surface area contributed by atoms with E-state index in [9.17, 15) is 22.8 Å². The van der Waals surface area contributed by atoms with Crippen molar-refractivity contribution in [3.8, 4) is 11.5 Å². The summed E-state index contributed by atoms with van der Waals surface area (Å²) in [4.78, 5) is 26.0. The van der Waals surface area contributed by atoms with Crippen molar-refractivity contribution in [2.45, 2.75) is 26.2 Å². The van der Waals surface area contributed by atoms with Crippen LogP contribution >= 0.6 is 0 Å². The Balaban J connectivity index is 2.02. The van der Waals surface area contributed by atoms with Gasteiger partial charge in [-0.2, -0.15) is 8.78 Å². The molecule has 1 atom stereocenters. The molecule has 2 aromatic rings. The van der Waals surface area contributed by atoms with Gasteiger partial charge in [-0.1, -0.05) is 12.1 Å². The largest absolute Gasteiger partial charge is 0.493 e. The second kappa shape index (κ2) is 9.81. The average molecular weight is 411 g/mol. The Morgan fingerprint density at radius 2 is 1.83 bits per heavy atom. The summed E-state index contributed by atoms with van der Waals surface area (Å²) in [5, 5.41) is 0. The van der Waals surface area contributed by atoms with Gasteiger partial charge < -0.3 is 19.1 Å². The zero-order chi connectivity index (χ0) is 21.6. The van der Waals surface area contributed by atoms with E-state index in [4.69, 9.17) is 9.47 Å². The molecule has 0 spiro atoms. The maximum absolute atomic E-state index is 13.3. The number of hydrogen-bond acceptors (Lipinski definition) is 5. The predicted octanol–water partition coefficient (Wildman–Crippen LogP) is 3.64. The standard InChI is InChI=1S/C20H20F3NO5/c1-12(18(25)24(2)11-13-5-4-6-15(21)9-13)28-19(26)14-7-8-16(29-20(22)23)17(10-14)27-3/h4-10,12,20H,11H2,1-3H3. The van der Waals surface area contributed by atoms with Gasteiger partial charge in [-0.05, 0) is 42.8 Å². The molecule has 0 aliphatic rings. The van der Waals surface area contributed by atoms with Gasteiger partial charge in [0.15, 0.2) is 17.6 Å². The van der Waals surface area contributed by atoms with Crippen LogP contribution in [0.1, 0.15) is 22.8 Å². The highest BCUT2D eigenvalue weighted by Crippen LogP contribution is 2.29. The molecule has 29 heavy (non-hydrogen) atoms. The molecule has 9 heteroatoms. The topological polar surface area (TPSA) is 65.1 Å². The fourth-order valence-corrected chi connectivity index (χ4v) is 2.56. The fraction of sp³-hybridized carbons (Fsp3) is 0.300. The van der Waals surface area contributed by atoms with Gasteiger partial charge in [0.05, 0.1) is 12.7 Å². The lowest BCUT2D eigenvalue weighted by molar-refractivity contribution is -0.139. The third-order valence-electron chi connectivity index (χ3n) is 3.93. The molecule has 0 aliphatic heterocycles. The lowest BCUT2D eigenvalue weighted by atomic mass is 10.2. The maximum Gasteiger partial charge on any atom is 0.387 e. The van der Waals surface area contributed by atoms with E-state index in [0.717, 1.165) is 6.07 Å². The van der Waals surface area contributed by atoms with Crippen LogP contribution in [0.25, 0.3) is 0 Å². The van der Waals surface area contributed by atoms with E-state index >= 15 is 0 Å². The van der Waals surface area contributed by atoms with Crippen molar-refractivity contribution < 1.29 is 37.0 Å². The highest BCUT2D eigenvalue weighted by atomic mass is 19.3. The molecule has 156 valence electrons. The number of carbonyl (C=O) groups is 2. The van der Waals surface area contributed by atoms with Gasteiger partial charge >= 0.3 is 12.6 Å². The van der Waals surface area contributed by atoms with Crippen LogP contribution in [-0.4, -0.2) is 43.6 Å². The van der Waals surface area contributed by atoms with Crippen molar-refractivity contribution in [3.05, 3.63) is 59.4 Å². The quantitative estimate of drug-likeness (QED) is 0.621. The zero-order valence-electron chi connectivity index (χ0n) is 16.0. The van der Waals surface area contributed by atoms with Crippen LogP contribution in [0.4, 0.5) is 13.2 Å². The predicted molar refractivity (Wildman–Crippen MR) is 97.4 cm³/mol. The van der Waals surface area contributed by atoms with Gasteiger partial charge in [-0.3, -0.25) is 4.79 Å². The number of likely N-dealkylation sites (N-methyl/N-ethyl adjacent to an activating group) is 1. The van der Waals surface area contributed by atoms with Crippen molar-refractivity contribution in [1.29, 1.82) is 0 Å².